The molecule has 0 aliphatic carbocycles. The Hall–Kier alpha value is -1.94. The molecule has 0 saturated heterocycles. The molecule has 2 rings (SSSR count). The second kappa shape index (κ2) is 5.14. The maximum absolute atomic E-state index is 12.2. The van der Waals surface area contributed by atoms with Crippen molar-refractivity contribution in [3.63, 3.8) is 0 Å². The van der Waals surface area contributed by atoms with E-state index in [1.807, 2.05) is 36.6 Å². The van der Waals surface area contributed by atoms with Crippen LogP contribution in [0.15, 0.2) is 30.7 Å². The van der Waals surface area contributed by atoms with Crippen LogP contribution < -0.4 is 5.73 Å². The molecule has 0 spiro atoms. The number of nitrogens with two attached hydrogens (primary N) is 1. The fourth-order valence-electron chi connectivity index (χ4n) is 1.78. The lowest BCUT2D eigenvalue weighted by Gasteiger charge is -2.02. The summed E-state index contributed by atoms with van der Waals surface area (Å²) in [5, 5.41) is 0. The lowest BCUT2D eigenvalue weighted by molar-refractivity contribution is 0.103. The minimum Gasteiger partial charge on any atom is -0.335 e. The Morgan fingerprint density at radius 2 is 2.11 bits per heavy atom. The van der Waals surface area contributed by atoms with E-state index in [-0.39, 0.29) is 5.78 Å². The second-order valence-electron chi connectivity index (χ2n) is 4.41. The van der Waals surface area contributed by atoms with Gasteiger partial charge >= 0.3 is 0 Å². The van der Waals surface area contributed by atoms with Crippen LogP contribution in [-0.2, 0) is 6.54 Å². The summed E-state index contributed by atoms with van der Waals surface area (Å²) in [5.74, 6) is -0.0473. The van der Waals surface area contributed by atoms with Gasteiger partial charge in [0.2, 0.25) is 5.78 Å². The average Bonchev–Trinajstić information content (AvgIpc) is 2.81. The number of carbonyl (C=O) groups excluding carboxylic acids is 1. The van der Waals surface area contributed by atoms with Gasteiger partial charge in [0.15, 0.2) is 0 Å². The van der Waals surface area contributed by atoms with E-state index < -0.39 is 0 Å². The van der Waals surface area contributed by atoms with Crippen LogP contribution in [0.1, 0.15) is 27.2 Å². The topological polar surface area (TPSA) is 60.9 Å². The van der Waals surface area contributed by atoms with Crippen LogP contribution in [0, 0.1) is 13.8 Å². The van der Waals surface area contributed by atoms with E-state index in [0.717, 1.165) is 5.56 Å². The zero-order valence-electron chi connectivity index (χ0n) is 10.7. The molecule has 1 aromatic carbocycles. The predicted octanol–water partition coefficient (Wildman–Crippen LogP) is 1.69. The average molecular weight is 243 g/mol. The van der Waals surface area contributed by atoms with E-state index in [1.165, 1.54) is 5.56 Å². The lowest BCUT2D eigenvalue weighted by atomic mass is 10.0. The van der Waals surface area contributed by atoms with Gasteiger partial charge < -0.3 is 10.3 Å². The molecule has 1 heterocycles. The van der Waals surface area contributed by atoms with Crippen molar-refractivity contribution >= 4 is 5.78 Å². The molecule has 0 amide bonds. The molecule has 0 aliphatic rings. The summed E-state index contributed by atoms with van der Waals surface area (Å²) in [6.45, 7) is 5.24. The Kier molecular flexibility index (Phi) is 3.58. The SMILES string of the molecule is Cc1ccc(C(=O)c2cn(CCN)cn2)cc1C. The van der Waals surface area contributed by atoms with Crippen LogP contribution in [0.2, 0.25) is 0 Å². The summed E-state index contributed by atoms with van der Waals surface area (Å²) in [5.41, 5.74) is 8.90. The summed E-state index contributed by atoms with van der Waals surface area (Å²) in [7, 11) is 0. The summed E-state index contributed by atoms with van der Waals surface area (Å²) in [4.78, 5) is 16.3. The maximum Gasteiger partial charge on any atom is 0.212 e. The van der Waals surface area contributed by atoms with E-state index in [4.69, 9.17) is 5.73 Å². The van der Waals surface area contributed by atoms with Gasteiger partial charge in [0.05, 0.1) is 6.33 Å². The summed E-state index contributed by atoms with van der Waals surface area (Å²) >= 11 is 0. The molecule has 4 heteroatoms. The second-order valence-corrected chi connectivity index (χ2v) is 4.41. The third-order valence-electron chi connectivity index (χ3n) is 3.02. The zero-order valence-corrected chi connectivity index (χ0v) is 10.7. The highest BCUT2D eigenvalue weighted by Gasteiger charge is 2.12. The monoisotopic (exact) mass is 243 g/mol. The molecule has 0 radical (unpaired) electrons. The number of carbonyl (C=O) groups is 1. The van der Waals surface area contributed by atoms with Crippen LogP contribution in [-0.4, -0.2) is 21.9 Å². The van der Waals surface area contributed by atoms with E-state index in [2.05, 4.69) is 4.98 Å². The predicted molar refractivity (Wildman–Crippen MR) is 70.6 cm³/mol. The molecule has 18 heavy (non-hydrogen) atoms. The van der Waals surface area contributed by atoms with Crippen molar-refractivity contribution in [3.8, 4) is 0 Å². The zero-order chi connectivity index (χ0) is 13.1. The van der Waals surface area contributed by atoms with E-state index in [9.17, 15) is 4.79 Å². The Morgan fingerprint density at radius 1 is 1.33 bits per heavy atom. The van der Waals surface area contributed by atoms with Crippen molar-refractivity contribution in [1.29, 1.82) is 0 Å². The fraction of sp³-hybridized carbons (Fsp3) is 0.286. The molecule has 0 unspecified atom stereocenters. The van der Waals surface area contributed by atoms with Crippen molar-refractivity contribution < 1.29 is 4.79 Å². The molecule has 0 aliphatic heterocycles. The van der Waals surface area contributed by atoms with Crippen molar-refractivity contribution in [2.24, 2.45) is 5.73 Å². The van der Waals surface area contributed by atoms with Crippen LogP contribution in [0.25, 0.3) is 0 Å². The summed E-state index contributed by atoms with van der Waals surface area (Å²) < 4.78 is 1.83. The number of benzene rings is 1. The quantitative estimate of drug-likeness (QED) is 0.831. The van der Waals surface area contributed by atoms with E-state index in [1.54, 1.807) is 12.5 Å². The van der Waals surface area contributed by atoms with Gasteiger partial charge in [0, 0.05) is 24.8 Å². The first-order chi connectivity index (χ1) is 8.61. The van der Waals surface area contributed by atoms with Crippen LogP contribution in [0.3, 0.4) is 0 Å². The number of hydrogen-bond donors (Lipinski definition) is 1. The highest BCUT2D eigenvalue weighted by molar-refractivity contribution is 6.07. The van der Waals surface area contributed by atoms with E-state index >= 15 is 0 Å². The first-order valence-electron chi connectivity index (χ1n) is 5.95. The highest BCUT2D eigenvalue weighted by Crippen LogP contribution is 2.13. The molecule has 0 saturated carbocycles. The molecule has 4 nitrogen and oxygen atoms in total. The first kappa shape index (κ1) is 12.5. The molecule has 1 aromatic heterocycles. The van der Waals surface area contributed by atoms with Crippen LogP contribution in [0.4, 0.5) is 0 Å². The maximum atomic E-state index is 12.2. The molecule has 2 N–H and O–H groups in total. The van der Waals surface area contributed by atoms with Crippen molar-refractivity contribution in [3.05, 3.63) is 53.1 Å². The number of aromatic nitrogens is 2. The highest BCUT2D eigenvalue weighted by atomic mass is 16.1. The number of ketones is 1. The molecular formula is C14H17N3O. The van der Waals surface area contributed by atoms with Crippen molar-refractivity contribution in [2.45, 2.75) is 20.4 Å². The normalized spacial score (nSPS) is 10.6. The lowest BCUT2D eigenvalue weighted by Crippen LogP contribution is -2.08. The van der Waals surface area contributed by atoms with Crippen LogP contribution in [0.5, 0.6) is 0 Å². The minimum atomic E-state index is -0.0473. The summed E-state index contributed by atoms with van der Waals surface area (Å²) in [6.07, 6.45) is 3.38. The molecule has 2 aromatic rings. The molecule has 0 fully saturated rings. The molecule has 0 atom stereocenters. The van der Waals surface area contributed by atoms with Gasteiger partial charge in [-0.2, -0.15) is 0 Å². The smallest absolute Gasteiger partial charge is 0.212 e. The Morgan fingerprint density at radius 3 is 2.78 bits per heavy atom. The summed E-state index contributed by atoms with van der Waals surface area (Å²) in [6, 6.07) is 5.70. The standard InChI is InChI=1S/C14H17N3O/c1-10-3-4-12(7-11(10)2)14(18)13-8-17(6-5-15)9-16-13/h3-4,7-9H,5-6,15H2,1-2H3. The Labute approximate surface area is 106 Å². The van der Waals surface area contributed by atoms with Gasteiger partial charge in [0.25, 0.3) is 0 Å². The Bertz CT molecular complexity index is 572. The molecule has 0 bridgehead atoms. The number of hydrogen-bond acceptors (Lipinski definition) is 3. The largest absolute Gasteiger partial charge is 0.335 e. The van der Waals surface area contributed by atoms with Gasteiger partial charge in [-0.05, 0) is 31.0 Å². The van der Waals surface area contributed by atoms with Crippen molar-refractivity contribution in [1.82, 2.24) is 9.55 Å². The Balaban J connectivity index is 2.26. The first-order valence-corrected chi connectivity index (χ1v) is 5.95. The van der Waals surface area contributed by atoms with Crippen molar-refractivity contribution in [2.75, 3.05) is 6.54 Å². The molecular weight excluding hydrogens is 226 g/mol. The number of aryl methyl sites for hydroxylation is 2. The van der Waals surface area contributed by atoms with Gasteiger partial charge in [-0.3, -0.25) is 4.79 Å². The van der Waals surface area contributed by atoms with Gasteiger partial charge in [-0.15, -0.1) is 0 Å². The molecule has 94 valence electrons. The third-order valence-corrected chi connectivity index (χ3v) is 3.02. The van der Waals surface area contributed by atoms with Gasteiger partial charge in [-0.1, -0.05) is 12.1 Å². The number of rotatable bonds is 4. The van der Waals surface area contributed by atoms with Gasteiger partial charge in [-0.25, -0.2) is 4.98 Å². The van der Waals surface area contributed by atoms with E-state index in [0.29, 0.717) is 24.3 Å². The number of nitrogens with zero attached hydrogens (tertiary/aromatic N) is 2. The third kappa shape index (κ3) is 2.49. The van der Waals surface area contributed by atoms with Crippen LogP contribution >= 0.6 is 0 Å². The minimum absolute atomic E-state index is 0.0473. The van der Waals surface area contributed by atoms with Gasteiger partial charge in [0.1, 0.15) is 5.69 Å². The fourth-order valence-corrected chi connectivity index (χ4v) is 1.78. The number of imidazole rings is 1.